The van der Waals surface area contributed by atoms with Crippen LogP contribution in [-0.4, -0.2) is 19.4 Å². The van der Waals surface area contributed by atoms with E-state index in [-0.39, 0.29) is 0 Å². The molecule has 0 aliphatic heterocycles. The lowest BCUT2D eigenvalue weighted by Gasteiger charge is -2.06. The Morgan fingerprint density at radius 2 is 1.88 bits per heavy atom. The third kappa shape index (κ3) is 4.42. The fraction of sp³-hybridized carbons (Fsp3) is 0.263. The number of hydrogen-bond donors (Lipinski definition) is 1. The van der Waals surface area contributed by atoms with E-state index < -0.39 is 11.6 Å². The van der Waals surface area contributed by atoms with Gasteiger partial charge in [-0.3, -0.25) is 4.98 Å². The first-order chi connectivity index (χ1) is 12.2. The second kappa shape index (κ2) is 8.51. The minimum Gasteiger partial charge on any atom is -0.338 e. The fourth-order valence-corrected chi connectivity index (χ4v) is 3.22. The Kier molecular flexibility index (Phi) is 6.12. The number of nitrogens with zero attached hydrogens (tertiary/aromatic N) is 2. The van der Waals surface area contributed by atoms with Gasteiger partial charge in [0.05, 0.1) is 17.6 Å². The first kappa shape index (κ1) is 18.0. The predicted molar refractivity (Wildman–Crippen MR) is 104 cm³/mol. The number of rotatable bonds is 7. The topological polar surface area (TPSA) is 41.6 Å². The number of pyridine rings is 1. The van der Waals surface area contributed by atoms with Gasteiger partial charge in [-0.05, 0) is 54.0 Å². The van der Waals surface area contributed by atoms with E-state index in [1.54, 1.807) is 12.4 Å². The molecule has 1 aromatic carbocycles. The number of alkyl halides is 1. The molecule has 2 heterocycles. The molecule has 0 aliphatic rings. The van der Waals surface area contributed by atoms with Crippen LogP contribution in [-0.2, 0) is 6.42 Å². The SMILES string of the molecule is Fc1ccc(-c2cnc(-c3cccnc3CCCCCI)[nH]2)cc1F. The van der Waals surface area contributed by atoms with E-state index in [2.05, 4.69) is 37.5 Å². The van der Waals surface area contributed by atoms with E-state index in [0.717, 1.165) is 30.2 Å². The van der Waals surface area contributed by atoms with Gasteiger partial charge in [-0.1, -0.05) is 29.0 Å². The summed E-state index contributed by atoms with van der Waals surface area (Å²) in [5.41, 5.74) is 3.16. The monoisotopic (exact) mass is 453 g/mol. The molecule has 0 bridgehead atoms. The zero-order chi connectivity index (χ0) is 17.6. The molecule has 0 aliphatic carbocycles. The number of nitrogens with one attached hydrogen (secondary N) is 1. The first-order valence-electron chi connectivity index (χ1n) is 8.19. The summed E-state index contributed by atoms with van der Waals surface area (Å²) < 4.78 is 27.7. The summed E-state index contributed by atoms with van der Waals surface area (Å²) >= 11 is 2.39. The van der Waals surface area contributed by atoms with Gasteiger partial charge < -0.3 is 4.98 Å². The van der Waals surface area contributed by atoms with Crippen LogP contribution < -0.4 is 0 Å². The quantitative estimate of drug-likeness (QED) is 0.289. The Morgan fingerprint density at radius 3 is 2.68 bits per heavy atom. The van der Waals surface area contributed by atoms with E-state index in [1.807, 2.05) is 12.1 Å². The average Bonchev–Trinajstić information content (AvgIpc) is 3.11. The molecule has 1 N–H and O–H groups in total. The third-order valence-electron chi connectivity index (χ3n) is 4.00. The highest BCUT2D eigenvalue weighted by atomic mass is 127. The zero-order valence-corrected chi connectivity index (χ0v) is 15.8. The van der Waals surface area contributed by atoms with Crippen molar-refractivity contribution in [2.24, 2.45) is 0 Å². The van der Waals surface area contributed by atoms with Crippen molar-refractivity contribution in [3.05, 3.63) is 60.1 Å². The van der Waals surface area contributed by atoms with Crippen LogP contribution in [0.25, 0.3) is 22.6 Å². The Balaban J connectivity index is 1.83. The van der Waals surface area contributed by atoms with Crippen molar-refractivity contribution < 1.29 is 8.78 Å². The molecule has 130 valence electrons. The number of unbranched alkanes of at least 4 members (excludes halogenated alkanes) is 2. The summed E-state index contributed by atoms with van der Waals surface area (Å²) in [7, 11) is 0. The lowest BCUT2D eigenvalue weighted by Crippen LogP contribution is -1.96. The van der Waals surface area contributed by atoms with Crippen LogP contribution in [0.5, 0.6) is 0 Å². The molecule has 2 aromatic heterocycles. The van der Waals surface area contributed by atoms with Gasteiger partial charge in [-0.2, -0.15) is 0 Å². The fourth-order valence-electron chi connectivity index (χ4n) is 2.68. The molecule has 0 saturated carbocycles. The van der Waals surface area contributed by atoms with E-state index in [0.29, 0.717) is 17.1 Å². The van der Waals surface area contributed by atoms with Crippen LogP contribution >= 0.6 is 22.6 Å². The zero-order valence-electron chi connectivity index (χ0n) is 13.6. The van der Waals surface area contributed by atoms with Gasteiger partial charge in [-0.15, -0.1) is 0 Å². The Bertz CT molecular complexity index is 848. The molecule has 25 heavy (non-hydrogen) atoms. The molecule has 0 radical (unpaired) electrons. The standard InChI is InChI=1S/C19H18F2IN3/c20-15-8-7-13(11-16(15)21)18-12-24-19(25-18)14-5-4-10-23-17(14)6-2-1-3-9-22/h4-5,7-8,10-12H,1-3,6,9H2,(H,24,25). The summed E-state index contributed by atoms with van der Waals surface area (Å²) in [5, 5.41) is 0. The van der Waals surface area contributed by atoms with Crippen LogP contribution in [0.1, 0.15) is 25.0 Å². The lowest BCUT2D eigenvalue weighted by molar-refractivity contribution is 0.509. The molecule has 0 fully saturated rings. The first-order valence-corrected chi connectivity index (χ1v) is 9.72. The molecule has 3 nitrogen and oxygen atoms in total. The molecule has 3 rings (SSSR count). The summed E-state index contributed by atoms with van der Waals surface area (Å²) in [6, 6.07) is 7.68. The van der Waals surface area contributed by atoms with Crippen LogP contribution in [0, 0.1) is 11.6 Å². The van der Waals surface area contributed by atoms with Crippen LogP contribution in [0.2, 0.25) is 0 Å². The average molecular weight is 453 g/mol. The highest BCUT2D eigenvalue weighted by molar-refractivity contribution is 14.1. The van der Waals surface area contributed by atoms with E-state index in [1.165, 1.54) is 29.4 Å². The molecule has 0 unspecified atom stereocenters. The van der Waals surface area contributed by atoms with E-state index in [4.69, 9.17) is 0 Å². The summed E-state index contributed by atoms with van der Waals surface area (Å²) in [6.45, 7) is 0. The largest absolute Gasteiger partial charge is 0.338 e. The van der Waals surface area contributed by atoms with Gasteiger partial charge in [0, 0.05) is 17.3 Å². The molecule has 0 amide bonds. The van der Waals surface area contributed by atoms with Gasteiger partial charge in [-0.25, -0.2) is 13.8 Å². The normalized spacial score (nSPS) is 11.0. The number of aryl methyl sites for hydroxylation is 1. The molecule has 0 saturated heterocycles. The highest BCUT2D eigenvalue weighted by Gasteiger charge is 2.12. The van der Waals surface area contributed by atoms with E-state index >= 15 is 0 Å². The number of benzene rings is 1. The highest BCUT2D eigenvalue weighted by Crippen LogP contribution is 2.25. The van der Waals surface area contributed by atoms with Crippen molar-refractivity contribution in [1.29, 1.82) is 0 Å². The summed E-state index contributed by atoms with van der Waals surface area (Å²) in [4.78, 5) is 12.1. The molecule has 3 aromatic rings. The number of aromatic amines is 1. The minimum absolute atomic E-state index is 0.560. The van der Waals surface area contributed by atoms with Crippen molar-refractivity contribution in [3.8, 4) is 22.6 Å². The number of aromatic nitrogens is 3. The van der Waals surface area contributed by atoms with E-state index in [9.17, 15) is 8.78 Å². The second-order valence-electron chi connectivity index (χ2n) is 5.77. The van der Waals surface area contributed by atoms with Gasteiger partial charge >= 0.3 is 0 Å². The maximum Gasteiger partial charge on any atom is 0.159 e. The Morgan fingerprint density at radius 1 is 1.00 bits per heavy atom. The van der Waals surface area contributed by atoms with Gasteiger partial charge in [0.15, 0.2) is 11.6 Å². The molecule has 0 spiro atoms. The molecule has 6 heteroatoms. The third-order valence-corrected chi connectivity index (χ3v) is 4.76. The molecular weight excluding hydrogens is 435 g/mol. The van der Waals surface area contributed by atoms with Crippen molar-refractivity contribution in [3.63, 3.8) is 0 Å². The number of H-pyrrole nitrogens is 1. The predicted octanol–water partition coefficient (Wildman–Crippen LogP) is 5.56. The number of halogens is 3. The smallest absolute Gasteiger partial charge is 0.159 e. The number of hydrogen-bond acceptors (Lipinski definition) is 2. The van der Waals surface area contributed by atoms with Crippen molar-refractivity contribution in [1.82, 2.24) is 15.0 Å². The number of imidazole rings is 1. The Labute approximate surface area is 159 Å². The van der Waals surface area contributed by atoms with Gasteiger partial charge in [0.25, 0.3) is 0 Å². The second-order valence-corrected chi connectivity index (χ2v) is 6.85. The maximum absolute atomic E-state index is 13.4. The molecular formula is C19H18F2IN3. The van der Waals surface area contributed by atoms with Crippen molar-refractivity contribution in [2.75, 3.05) is 4.43 Å². The maximum atomic E-state index is 13.4. The summed E-state index contributed by atoms with van der Waals surface area (Å²) in [5.74, 6) is -1.03. The van der Waals surface area contributed by atoms with Crippen molar-refractivity contribution in [2.45, 2.75) is 25.7 Å². The van der Waals surface area contributed by atoms with Crippen molar-refractivity contribution >= 4 is 22.6 Å². The lowest BCUT2D eigenvalue weighted by atomic mass is 10.1. The molecule has 0 atom stereocenters. The Hall–Kier alpha value is -1.83. The van der Waals surface area contributed by atoms with Crippen LogP contribution in [0.15, 0.2) is 42.7 Å². The van der Waals surface area contributed by atoms with Crippen LogP contribution in [0.4, 0.5) is 8.78 Å². The van der Waals surface area contributed by atoms with Crippen LogP contribution in [0.3, 0.4) is 0 Å². The van der Waals surface area contributed by atoms with Gasteiger partial charge in [0.1, 0.15) is 5.82 Å². The van der Waals surface area contributed by atoms with Gasteiger partial charge in [0.2, 0.25) is 0 Å². The summed E-state index contributed by atoms with van der Waals surface area (Å²) in [6.07, 6.45) is 7.80. The minimum atomic E-state index is -0.869.